The zero-order valence-corrected chi connectivity index (χ0v) is 11.6. The van der Waals surface area contributed by atoms with Crippen LogP contribution >= 0.6 is 0 Å². The lowest BCUT2D eigenvalue weighted by molar-refractivity contribution is -0.0548. The van der Waals surface area contributed by atoms with Gasteiger partial charge in [0.15, 0.2) is 6.29 Å². The smallest absolute Gasteiger partial charge is 0.159 e. The first-order valence-electron chi connectivity index (χ1n) is 7.29. The van der Waals surface area contributed by atoms with Gasteiger partial charge in [-0.3, -0.25) is 9.58 Å². The standard InChI is InChI=1S/C14H23N3O2/c1-16-11-12(10-15-16)13-4-2-3-6-17(13)7-5-14-18-8-9-19-14/h10-11,13-14H,2-9H2,1H3/t13-/m0/s1. The summed E-state index contributed by atoms with van der Waals surface area (Å²) < 4.78 is 12.9. The molecule has 0 spiro atoms. The van der Waals surface area contributed by atoms with Gasteiger partial charge in [0.25, 0.3) is 0 Å². The zero-order valence-electron chi connectivity index (χ0n) is 11.6. The van der Waals surface area contributed by atoms with Crippen molar-refractivity contribution in [1.82, 2.24) is 14.7 Å². The molecule has 2 fully saturated rings. The van der Waals surface area contributed by atoms with E-state index in [1.54, 1.807) is 0 Å². The summed E-state index contributed by atoms with van der Waals surface area (Å²) in [6, 6.07) is 0.517. The maximum absolute atomic E-state index is 5.52. The highest BCUT2D eigenvalue weighted by atomic mass is 16.7. The number of likely N-dealkylation sites (tertiary alicyclic amines) is 1. The second-order valence-corrected chi connectivity index (χ2v) is 5.45. The minimum atomic E-state index is 0.0106. The maximum atomic E-state index is 5.52. The molecule has 2 saturated heterocycles. The van der Waals surface area contributed by atoms with Gasteiger partial charge in [0.05, 0.1) is 19.4 Å². The van der Waals surface area contributed by atoms with Crippen LogP contribution in [0.4, 0.5) is 0 Å². The van der Waals surface area contributed by atoms with Crippen molar-refractivity contribution in [3.63, 3.8) is 0 Å². The fourth-order valence-corrected chi connectivity index (χ4v) is 3.09. The second-order valence-electron chi connectivity index (χ2n) is 5.45. The predicted octanol–water partition coefficient (Wildman–Crippen LogP) is 1.71. The van der Waals surface area contributed by atoms with Gasteiger partial charge in [0.1, 0.15) is 0 Å². The Kier molecular flexibility index (Phi) is 4.15. The largest absolute Gasteiger partial charge is 0.350 e. The molecular weight excluding hydrogens is 242 g/mol. The summed E-state index contributed by atoms with van der Waals surface area (Å²) in [5, 5.41) is 4.30. The molecule has 3 rings (SSSR count). The lowest BCUT2D eigenvalue weighted by Gasteiger charge is -2.35. The Morgan fingerprint density at radius 2 is 2.16 bits per heavy atom. The van der Waals surface area contributed by atoms with E-state index in [2.05, 4.69) is 16.2 Å². The first-order valence-corrected chi connectivity index (χ1v) is 7.29. The molecule has 0 aromatic carbocycles. The molecule has 0 amide bonds. The molecule has 3 heterocycles. The van der Waals surface area contributed by atoms with E-state index in [9.17, 15) is 0 Å². The van der Waals surface area contributed by atoms with Crippen molar-refractivity contribution in [2.75, 3.05) is 26.3 Å². The topological polar surface area (TPSA) is 39.5 Å². The molecule has 0 radical (unpaired) electrons. The van der Waals surface area contributed by atoms with Crippen molar-refractivity contribution in [1.29, 1.82) is 0 Å². The van der Waals surface area contributed by atoms with Crippen LogP contribution in [0.1, 0.15) is 37.3 Å². The van der Waals surface area contributed by atoms with Gasteiger partial charge in [-0.2, -0.15) is 5.10 Å². The fraction of sp³-hybridized carbons (Fsp3) is 0.786. The average molecular weight is 265 g/mol. The highest BCUT2D eigenvalue weighted by Gasteiger charge is 2.26. The van der Waals surface area contributed by atoms with Crippen molar-refractivity contribution >= 4 is 0 Å². The molecule has 19 heavy (non-hydrogen) atoms. The van der Waals surface area contributed by atoms with Crippen LogP contribution in [0.15, 0.2) is 12.4 Å². The lowest BCUT2D eigenvalue weighted by atomic mass is 9.97. The zero-order chi connectivity index (χ0) is 13.1. The first-order chi connectivity index (χ1) is 9.33. The maximum Gasteiger partial charge on any atom is 0.159 e. The molecule has 1 atom stereocenters. The van der Waals surface area contributed by atoms with Crippen molar-refractivity contribution in [2.45, 2.75) is 38.0 Å². The van der Waals surface area contributed by atoms with Crippen molar-refractivity contribution < 1.29 is 9.47 Å². The van der Waals surface area contributed by atoms with Crippen LogP contribution in [-0.2, 0) is 16.5 Å². The third-order valence-corrected chi connectivity index (χ3v) is 4.07. The van der Waals surface area contributed by atoms with Crippen molar-refractivity contribution in [2.24, 2.45) is 7.05 Å². The first kappa shape index (κ1) is 13.1. The molecule has 0 unspecified atom stereocenters. The average Bonchev–Trinajstić information content (AvgIpc) is 3.08. The predicted molar refractivity (Wildman–Crippen MR) is 71.7 cm³/mol. The van der Waals surface area contributed by atoms with Crippen molar-refractivity contribution in [3.8, 4) is 0 Å². The number of hydrogen-bond acceptors (Lipinski definition) is 4. The van der Waals surface area contributed by atoms with Gasteiger partial charge >= 0.3 is 0 Å². The van der Waals surface area contributed by atoms with Crippen LogP contribution in [0.5, 0.6) is 0 Å². The summed E-state index contributed by atoms with van der Waals surface area (Å²) in [7, 11) is 1.98. The molecule has 106 valence electrons. The number of rotatable bonds is 4. The Balaban J connectivity index is 1.60. The van der Waals surface area contributed by atoms with E-state index >= 15 is 0 Å². The molecule has 2 aliphatic heterocycles. The van der Waals surface area contributed by atoms with Gasteiger partial charge in [-0.15, -0.1) is 0 Å². The third kappa shape index (κ3) is 3.16. The summed E-state index contributed by atoms with van der Waals surface area (Å²) in [6.07, 6.45) is 8.97. The van der Waals surface area contributed by atoms with E-state index in [4.69, 9.17) is 9.47 Å². The molecule has 0 aliphatic carbocycles. The van der Waals surface area contributed by atoms with E-state index in [1.807, 2.05) is 17.9 Å². The quantitative estimate of drug-likeness (QED) is 0.831. The number of ether oxygens (including phenoxy) is 2. The molecule has 5 nitrogen and oxygen atoms in total. The van der Waals surface area contributed by atoms with Crippen molar-refractivity contribution in [3.05, 3.63) is 18.0 Å². The highest BCUT2D eigenvalue weighted by molar-refractivity contribution is 5.11. The summed E-state index contributed by atoms with van der Waals surface area (Å²) in [6.45, 7) is 3.71. The van der Waals surface area contributed by atoms with E-state index in [0.29, 0.717) is 6.04 Å². The van der Waals surface area contributed by atoms with E-state index in [0.717, 1.165) is 26.2 Å². The number of nitrogens with zero attached hydrogens (tertiary/aromatic N) is 3. The number of hydrogen-bond donors (Lipinski definition) is 0. The Hall–Kier alpha value is -0.910. The summed E-state index contributed by atoms with van der Waals surface area (Å²) in [5.41, 5.74) is 1.34. The molecule has 0 bridgehead atoms. The number of aromatic nitrogens is 2. The van der Waals surface area contributed by atoms with Gasteiger partial charge < -0.3 is 9.47 Å². The second kappa shape index (κ2) is 6.03. The minimum absolute atomic E-state index is 0.0106. The molecule has 0 N–H and O–H groups in total. The summed E-state index contributed by atoms with van der Waals surface area (Å²) in [4.78, 5) is 2.56. The van der Waals surface area contributed by atoms with Crippen LogP contribution in [0, 0.1) is 0 Å². The Morgan fingerprint density at radius 3 is 2.89 bits per heavy atom. The van der Waals surface area contributed by atoms with Gasteiger partial charge in [-0.1, -0.05) is 6.42 Å². The Labute approximate surface area is 114 Å². The molecule has 2 aliphatic rings. The van der Waals surface area contributed by atoms with Gasteiger partial charge in [-0.25, -0.2) is 0 Å². The Morgan fingerprint density at radius 1 is 1.32 bits per heavy atom. The van der Waals surface area contributed by atoms with Gasteiger partial charge in [0.2, 0.25) is 0 Å². The molecule has 5 heteroatoms. The molecule has 1 aromatic heterocycles. The van der Waals surface area contributed by atoms with E-state index in [1.165, 1.54) is 31.4 Å². The van der Waals surface area contributed by atoms with E-state index < -0.39 is 0 Å². The number of aryl methyl sites for hydroxylation is 1. The third-order valence-electron chi connectivity index (χ3n) is 4.07. The highest BCUT2D eigenvalue weighted by Crippen LogP contribution is 2.30. The monoisotopic (exact) mass is 265 g/mol. The van der Waals surface area contributed by atoms with Crippen LogP contribution in [0.2, 0.25) is 0 Å². The van der Waals surface area contributed by atoms with Crippen LogP contribution in [0.25, 0.3) is 0 Å². The summed E-state index contributed by atoms with van der Waals surface area (Å²) >= 11 is 0. The Bertz CT molecular complexity index is 401. The van der Waals surface area contributed by atoms with E-state index in [-0.39, 0.29) is 6.29 Å². The van der Waals surface area contributed by atoms with Crippen LogP contribution in [-0.4, -0.2) is 47.3 Å². The molecule has 0 saturated carbocycles. The SMILES string of the molecule is Cn1cc([C@@H]2CCCCN2CCC2OCCO2)cn1. The van der Waals surface area contributed by atoms with Gasteiger partial charge in [-0.05, 0) is 19.4 Å². The molecular formula is C14H23N3O2. The van der Waals surface area contributed by atoms with Crippen LogP contribution < -0.4 is 0 Å². The molecule has 1 aromatic rings. The normalized spacial score (nSPS) is 26.1. The summed E-state index contributed by atoms with van der Waals surface area (Å²) in [5.74, 6) is 0. The lowest BCUT2D eigenvalue weighted by Crippen LogP contribution is -2.35. The minimum Gasteiger partial charge on any atom is -0.350 e. The van der Waals surface area contributed by atoms with Crippen LogP contribution in [0.3, 0.4) is 0 Å². The van der Waals surface area contributed by atoms with Gasteiger partial charge in [0, 0.05) is 37.8 Å². The fourth-order valence-electron chi connectivity index (χ4n) is 3.09. The number of piperidine rings is 1.